The highest BCUT2D eigenvalue weighted by molar-refractivity contribution is 7.89. The van der Waals surface area contributed by atoms with Gasteiger partial charge in [0, 0.05) is 37.4 Å². The molecule has 7 nitrogen and oxygen atoms in total. The van der Waals surface area contributed by atoms with Crippen molar-refractivity contribution in [2.75, 3.05) is 23.3 Å². The third-order valence-corrected chi connectivity index (χ3v) is 8.35. The number of carbonyl (C=O) groups is 2. The number of hydrogen-bond acceptors (Lipinski definition) is 4. The van der Waals surface area contributed by atoms with Crippen LogP contribution in [0, 0.1) is 19.8 Å². The fraction of sp³-hybridized carbons (Fsp3) is 0.440. The molecule has 0 spiro atoms. The Bertz CT molecular complexity index is 1190. The predicted molar refractivity (Wildman–Crippen MR) is 129 cm³/mol. The fourth-order valence-corrected chi connectivity index (χ4v) is 6.64. The molecular weight excluding hydrogens is 438 g/mol. The zero-order valence-corrected chi connectivity index (χ0v) is 20.4. The van der Waals surface area contributed by atoms with Gasteiger partial charge in [0.2, 0.25) is 21.8 Å². The van der Waals surface area contributed by atoms with E-state index in [-0.39, 0.29) is 29.3 Å². The van der Waals surface area contributed by atoms with Crippen molar-refractivity contribution in [3.63, 3.8) is 0 Å². The van der Waals surface area contributed by atoms with Crippen molar-refractivity contribution in [3.05, 3.63) is 53.1 Å². The van der Waals surface area contributed by atoms with Gasteiger partial charge in [-0.2, -0.15) is 4.31 Å². The Morgan fingerprint density at radius 1 is 1.06 bits per heavy atom. The lowest BCUT2D eigenvalue weighted by molar-refractivity contribution is -0.121. The number of amides is 2. The molecule has 0 saturated carbocycles. The van der Waals surface area contributed by atoms with E-state index in [0.717, 1.165) is 28.1 Å². The van der Waals surface area contributed by atoms with E-state index in [0.29, 0.717) is 25.8 Å². The third kappa shape index (κ3) is 4.68. The molecule has 0 radical (unpaired) electrons. The van der Waals surface area contributed by atoms with Crippen LogP contribution in [-0.4, -0.2) is 43.7 Å². The maximum atomic E-state index is 13.4. The lowest BCUT2D eigenvalue weighted by Crippen LogP contribution is -2.43. The van der Waals surface area contributed by atoms with E-state index in [9.17, 15) is 18.0 Å². The molecule has 0 aromatic heterocycles. The minimum atomic E-state index is -3.74. The molecule has 2 atom stereocenters. The number of aryl methyl sites for hydroxylation is 2. The van der Waals surface area contributed by atoms with Crippen molar-refractivity contribution in [3.8, 4) is 0 Å². The summed E-state index contributed by atoms with van der Waals surface area (Å²) < 4.78 is 28.2. The summed E-state index contributed by atoms with van der Waals surface area (Å²) in [4.78, 5) is 26.8. The van der Waals surface area contributed by atoms with Gasteiger partial charge in [0.15, 0.2) is 0 Å². The number of benzene rings is 2. The van der Waals surface area contributed by atoms with Crippen molar-refractivity contribution in [2.45, 2.75) is 57.9 Å². The van der Waals surface area contributed by atoms with Crippen molar-refractivity contribution >= 4 is 33.2 Å². The van der Waals surface area contributed by atoms with Crippen LogP contribution in [0.2, 0.25) is 0 Å². The highest BCUT2D eigenvalue weighted by atomic mass is 32.2. The van der Waals surface area contributed by atoms with Gasteiger partial charge in [-0.25, -0.2) is 8.42 Å². The molecule has 1 N–H and O–H groups in total. The van der Waals surface area contributed by atoms with Crippen molar-refractivity contribution in [1.29, 1.82) is 0 Å². The first-order valence-corrected chi connectivity index (χ1v) is 12.8. The molecule has 0 unspecified atom stereocenters. The smallest absolute Gasteiger partial charge is 0.243 e. The minimum absolute atomic E-state index is 0.00350. The summed E-state index contributed by atoms with van der Waals surface area (Å²) in [5, 5.41) is 2.96. The Balaban J connectivity index is 1.51. The molecule has 0 bridgehead atoms. The number of fused-ring (bicyclic) bond motifs is 1. The zero-order valence-electron chi connectivity index (χ0n) is 19.6. The Morgan fingerprint density at radius 2 is 1.76 bits per heavy atom. The Kier molecular flexibility index (Phi) is 6.33. The summed E-state index contributed by atoms with van der Waals surface area (Å²) in [7, 11) is -3.74. The van der Waals surface area contributed by atoms with Crippen LogP contribution in [0.1, 0.15) is 43.4 Å². The first-order chi connectivity index (χ1) is 15.6. The topological polar surface area (TPSA) is 86.8 Å². The number of rotatable bonds is 4. The molecule has 0 aliphatic carbocycles. The van der Waals surface area contributed by atoms with Gasteiger partial charge in [-0.1, -0.05) is 6.07 Å². The van der Waals surface area contributed by atoms with E-state index >= 15 is 0 Å². The Labute approximate surface area is 195 Å². The van der Waals surface area contributed by atoms with Crippen molar-refractivity contribution < 1.29 is 18.0 Å². The van der Waals surface area contributed by atoms with Crippen LogP contribution in [-0.2, 0) is 26.0 Å². The molecular formula is C25H31N3O4S. The Hall–Kier alpha value is -2.71. The second-order valence-electron chi connectivity index (χ2n) is 9.30. The van der Waals surface area contributed by atoms with Crippen LogP contribution in [0.3, 0.4) is 0 Å². The molecule has 33 heavy (non-hydrogen) atoms. The predicted octanol–water partition coefficient (Wildman–Crippen LogP) is 3.64. The van der Waals surface area contributed by atoms with Gasteiger partial charge in [-0.3, -0.25) is 9.59 Å². The summed E-state index contributed by atoms with van der Waals surface area (Å²) in [6, 6.07) is 10.9. The lowest BCUT2D eigenvalue weighted by atomic mass is 9.98. The van der Waals surface area contributed by atoms with E-state index in [1.54, 1.807) is 23.1 Å². The van der Waals surface area contributed by atoms with Gasteiger partial charge < -0.3 is 10.2 Å². The summed E-state index contributed by atoms with van der Waals surface area (Å²) in [6.45, 7) is 7.98. The van der Waals surface area contributed by atoms with Gasteiger partial charge in [-0.05, 0) is 87.1 Å². The van der Waals surface area contributed by atoms with Crippen LogP contribution in [0.15, 0.2) is 41.3 Å². The van der Waals surface area contributed by atoms with Crippen LogP contribution < -0.4 is 10.2 Å². The van der Waals surface area contributed by atoms with Gasteiger partial charge in [0.25, 0.3) is 0 Å². The van der Waals surface area contributed by atoms with Gasteiger partial charge in [-0.15, -0.1) is 0 Å². The van der Waals surface area contributed by atoms with E-state index < -0.39 is 15.9 Å². The minimum Gasteiger partial charge on any atom is -0.326 e. The molecule has 8 heteroatoms. The number of nitrogens with one attached hydrogen (secondary N) is 1. The molecule has 4 rings (SSSR count). The molecule has 2 aromatic rings. The van der Waals surface area contributed by atoms with Crippen LogP contribution in [0.4, 0.5) is 11.4 Å². The Morgan fingerprint density at radius 3 is 2.42 bits per heavy atom. The normalized spacial score (nSPS) is 21.0. The molecule has 2 heterocycles. The standard InChI is InChI=1S/C25H31N3O4S/c1-16-10-17(2)12-22(11-16)26-25(30)20-6-5-9-27(15-20)33(31,32)23-7-8-24-21(14-23)13-18(3)28(24)19(4)29/h7-8,10-12,14,18,20H,5-6,9,13,15H2,1-4H3,(H,26,30)/t18-,20-/m1/s1. The van der Waals surface area contributed by atoms with E-state index in [1.165, 1.54) is 11.2 Å². The van der Waals surface area contributed by atoms with Crippen molar-refractivity contribution in [1.82, 2.24) is 4.31 Å². The number of piperidine rings is 1. The average molecular weight is 470 g/mol. The largest absolute Gasteiger partial charge is 0.326 e. The number of nitrogens with zero attached hydrogens (tertiary/aromatic N) is 2. The number of sulfonamides is 1. The summed E-state index contributed by atoms with van der Waals surface area (Å²) in [5.74, 6) is -0.609. The van der Waals surface area contributed by atoms with Crippen LogP contribution in [0.25, 0.3) is 0 Å². The van der Waals surface area contributed by atoms with Crippen LogP contribution >= 0.6 is 0 Å². The van der Waals surface area contributed by atoms with E-state index in [1.807, 2.05) is 39.0 Å². The van der Waals surface area contributed by atoms with E-state index in [4.69, 9.17) is 0 Å². The highest BCUT2D eigenvalue weighted by Gasteiger charge is 2.35. The lowest BCUT2D eigenvalue weighted by Gasteiger charge is -2.31. The summed E-state index contributed by atoms with van der Waals surface area (Å²) in [5.41, 5.74) is 4.50. The number of carbonyl (C=O) groups excluding carboxylic acids is 2. The molecule has 2 aliphatic rings. The zero-order chi connectivity index (χ0) is 23.9. The maximum absolute atomic E-state index is 13.4. The second kappa shape index (κ2) is 8.91. The monoisotopic (exact) mass is 469 g/mol. The first-order valence-electron chi connectivity index (χ1n) is 11.4. The SMILES string of the molecule is CC(=O)N1c2ccc(S(=O)(=O)N3CCC[C@@H](C(=O)Nc4cc(C)cc(C)c4)C3)cc2C[C@H]1C. The molecule has 2 aromatic carbocycles. The van der Waals surface area contributed by atoms with Gasteiger partial charge in [0.05, 0.1) is 10.8 Å². The summed E-state index contributed by atoms with van der Waals surface area (Å²) in [6.07, 6.45) is 1.90. The second-order valence-corrected chi connectivity index (χ2v) is 11.2. The molecule has 1 fully saturated rings. The quantitative estimate of drug-likeness (QED) is 0.741. The average Bonchev–Trinajstić information content (AvgIpc) is 3.08. The number of hydrogen-bond donors (Lipinski definition) is 1. The summed E-state index contributed by atoms with van der Waals surface area (Å²) >= 11 is 0. The number of anilines is 2. The van der Waals surface area contributed by atoms with Crippen molar-refractivity contribution in [2.24, 2.45) is 5.92 Å². The van der Waals surface area contributed by atoms with Gasteiger partial charge in [0.1, 0.15) is 0 Å². The fourth-order valence-electron chi connectivity index (χ4n) is 5.06. The van der Waals surface area contributed by atoms with E-state index in [2.05, 4.69) is 5.32 Å². The highest BCUT2D eigenvalue weighted by Crippen LogP contribution is 2.35. The molecule has 2 amide bonds. The van der Waals surface area contributed by atoms with Crippen LogP contribution in [0.5, 0.6) is 0 Å². The van der Waals surface area contributed by atoms with Gasteiger partial charge >= 0.3 is 0 Å². The molecule has 176 valence electrons. The molecule has 2 aliphatic heterocycles. The maximum Gasteiger partial charge on any atom is 0.243 e. The first kappa shape index (κ1) is 23.4. The molecule has 1 saturated heterocycles. The third-order valence-electron chi connectivity index (χ3n) is 6.49.